The second-order valence-corrected chi connectivity index (χ2v) is 7.16. The molecule has 0 aliphatic rings. The molecule has 0 fully saturated rings. The third-order valence-corrected chi connectivity index (χ3v) is 4.60. The lowest BCUT2D eigenvalue weighted by Gasteiger charge is -2.14. The van der Waals surface area contributed by atoms with Crippen molar-refractivity contribution >= 4 is 39.7 Å². The van der Waals surface area contributed by atoms with Crippen LogP contribution in [0.3, 0.4) is 0 Å². The van der Waals surface area contributed by atoms with E-state index >= 15 is 0 Å². The standard InChI is InChI=1S/C22H25N3O2S/c1-6-26-18-9-7-8-17-12-19(27-21(17)18)16(5)24-25-22(28)23-20-14(3)10-13(2)11-15(20)4/h7-12H,6H2,1-5H3,(H2,23,25,28)/b24-16-. The monoisotopic (exact) mass is 395 g/mol. The van der Waals surface area contributed by atoms with E-state index in [1.54, 1.807) is 0 Å². The maximum atomic E-state index is 5.96. The van der Waals surface area contributed by atoms with Gasteiger partial charge < -0.3 is 14.5 Å². The molecular weight excluding hydrogens is 370 g/mol. The molecule has 0 aliphatic carbocycles. The van der Waals surface area contributed by atoms with Crippen LogP contribution in [0, 0.1) is 20.8 Å². The fourth-order valence-corrected chi connectivity index (χ4v) is 3.34. The third kappa shape index (κ3) is 4.34. The number of fused-ring (bicyclic) bond motifs is 1. The molecule has 0 aliphatic heterocycles. The fourth-order valence-electron chi connectivity index (χ4n) is 3.19. The molecule has 2 N–H and O–H groups in total. The van der Waals surface area contributed by atoms with E-state index in [0.29, 0.717) is 23.2 Å². The number of nitrogens with one attached hydrogen (secondary N) is 2. The zero-order valence-corrected chi connectivity index (χ0v) is 17.7. The number of hydrazone groups is 1. The first-order valence-corrected chi connectivity index (χ1v) is 9.64. The van der Waals surface area contributed by atoms with Crippen molar-refractivity contribution in [2.45, 2.75) is 34.6 Å². The minimum absolute atomic E-state index is 0.431. The van der Waals surface area contributed by atoms with Gasteiger partial charge >= 0.3 is 0 Å². The molecule has 2 aromatic carbocycles. The molecule has 1 heterocycles. The fraction of sp³-hybridized carbons (Fsp3) is 0.273. The number of ether oxygens (including phenoxy) is 1. The second-order valence-electron chi connectivity index (χ2n) is 6.76. The Morgan fingerprint density at radius 1 is 1.14 bits per heavy atom. The summed E-state index contributed by atoms with van der Waals surface area (Å²) in [6.45, 7) is 10.6. The van der Waals surface area contributed by atoms with Crippen LogP contribution in [-0.2, 0) is 0 Å². The van der Waals surface area contributed by atoms with Crippen LogP contribution in [0.2, 0.25) is 0 Å². The molecule has 0 saturated heterocycles. The topological polar surface area (TPSA) is 58.8 Å². The second kappa shape index (κ2) is 8.44. The predicted molar refractivity (Wildman–Crippen MR) is 120 cm³/mol. The number of hydrogen-bond donors (Lipinski definition) is 2. The Kier molecular flexibility index (Phi) is 5.99. The summed E-state index contributed by atoms with van der Waals surface area (Å²) < 4.78 is 11.6. The summed E-state index contributed by atoms with van der Waals surface area (Å²) in [6, 6.07) is 12.0. The number of para-hydroxylation sites is 1. The summed E-state index contributed by atoms with van der Waals surface area (Å²) in [5, 5.41) is 9.00. The average Bonchev–Trinajstić information content (AvgIpc) is 3.08. The van der Waals surface area contributed by atoms with Crippen molar-refractivity contribution in [2.24, 2.45) is 5.10 Å². The molecule has 0 unspecified atom stereocenters. The van der Waals surface area contributed by atoms with E-state index in [-0.39, 0.29) is 0 Å². The van der Waals surface area contributed by atoms with Crippen LogP contribution in [0.5, 0.6) is 5.75 Å². The maximum Gasteiger partial charge on any atom is 0.191 e. The average molecular weight is 396 g/mol. The quantitative estimate of drug-likeness (QED) is 0.341. The highest BCUT2D eigenvalue weighted by Crippen LogP contribution is 2.29. The molecule has 5 nitrogen and oxygen atoms in total. The van der Waals surface area contributed by atoms with Gasteiger partial charge in [-0.3, -0.25) is 5.43 Å². The van der Waals surface area contributed by atoms with E-state index in [4.69, 9.17) is 21.4 Å². The van der Waals surface area contributed by atoms with Crippen molar-refractivity contribution in [1.29, 1.82) is 0 Å². The zero-order chi connectivity index (χ0) is 20.3. The van der Waals surface area contributed by atoms with Gasteiger partial charge in [-0.05, 0) is 70.1 Å². The van der Waals surface area contributed by atoms with Gasteiger partial charge in [0.05, 0.1) is 6.61 Å². The molecule has 3 rings (SSSR count). The van der Waals surface area contributed by atoms with Crippen LogP contribution >= 0.6 is 12.2 Å². The number of benzene rings is 2. The Balaban J connectivity index is 1.75. The number of rotatable bonds is 5. The molecule has 0 saturated carbocycles. The van der Waals surface area contributed by atoms with Crippen molar-refractivity contribution in [3.63, 3.8) is 0 Å². The number of hydrogen-bond acceptors (Lipinski definition) is 4. The Labute approximate surface area is 170 Å². The first kappa shape index (κ1) is 19.9. The normalized spacial score (nSPS) is 11.5. The molecule has 0 spiro atoms. The highest BCUT2D eigenvalue weighted by molar-refractivity contribution is 7.80. The molecule has 6 heteroatoms. The molecule has 1 aromatic heterocycles. The summed E-state index contributed by atoms with van der Waals surface area (Å²) in [7, 11) is 0. The van der Waals surface area contributed by atoms with Gasteiger partial charge in [-0.15, -0.1) is 0 Å². The zero-order valence-electron chi connectivity index (χ0n) is 16.8. The van der Waals surface area contributed by atoms with E-state index in [9.17, 15) is 0 Å². The summed E-state index contributed by atoms with van der Waals surface area (Å²) in [5.74, 6) is 1.40. The first-order chi connectivity index (χ1) is 13.4. The van der Waals surface area contributed by atoms with E-state index in [2.05, 4.69) is 48.7 Å². The number of thiocarbonyl (C=S) groups is 1. The highest BCUT2D eigenvalue weighted by atomic mass is 32.1. The SMILES string of the molecule is CCOc1cccc2cc(/C(C)=N\NC(=S)Nc3c(C)cc(C)cc3C)oc12. The summed E-state index contributed by atoms with van der Waals surface area (Å²) >= 11 is 5.40. The Morgan fingerprint density at radius 2 is 1.86 bits per heavy atom. The van der Waals surface area contributed by atoms with E-state index < -0.39 is 0 Å². The number of nitrogens with zero attached hydrogens (tertiary/aromatic N) is 1. The van der Waals surface area contributed by atoms with Gasteiger partial charge in [0.15, 0.2) is 22.2 Å². The summed E-state index contributed by atoms with van der Waals surface area (Å²) in [4.78, 5) is 0. The van der Waals surface area contributed by atoms with Crippen LogP contribution < -0.4 is 15.5 Å². The van der Waals surface area contributed by atoms with Gasteiger partial charge in [-0.1, -0.05) is 29.8 Å². The van der Waals surface area contributed by atoms with Gasteiger partial charge in [-0.25, -0.2) is 0 Å². The molecule has 28 heavy (non-hydrogen) atoms. The number of anilines is 1. The Bertz CT molecular complexity index is 1030. The first-order valence-electron chi connectivity index (χ1n) is 9.24. The minimum atomic E-state index is 0.431. The molecule has 146 valence electrons. The Hall–Kier alpha value is -2.86. The van der Waals surface area contributed by atoms with Gasteiger partial charge in [0.1, 0.15) is 5.71 Å². The van der Waals surface area contributed by atoms with Crippen LogP contribution in [0.1, 0.15) is 36.3 Å². The van der Waals surface area contributed by atoms with Gasteiger partial charge in [0.25, 0.3) is 0 Å². The lowest BCUT2D eigenvalue weighted by molar-refractivity contribution is 0.338. The van der Waals surface area contributed by atoms with Gasteiger partial charge in [0, 0.05) is 11.1 Å². The lowest BCUT2D eigenvalue weighted by atomic mass is 10.1. The van der Waals surface area contributed by atoms with Crippen molar-refractivity contribution in [3.05, 3.63) is 58.8 Å². The summed E-state index contributed by atoms with van der Waals surface area (Å²) in [5.41, 5.74) is 8.83. The molecule has 0 radical (unpaired) electrons. The van der Waals surface area contributed by atoms with Crippen molar-refractivity contribution < 1.29 is 9.15 Å². The molecular formula is C22H25N3O2S. The van der Waals surface area contributed by atoms with Crippen molar-refractivity contribution in [3.8, 4) is 5.75 Å². The van der Waals surface area contributed by atoms with Crippen LogP contribution in [0.15, 0.2) is 45.9 Å². The van der Waals surface area contributed by atoms with Crippen LogP contribution in [0.25, 0.3) is 11.0 Å². The maximum absolute atomic E-state index is 5.96. The van der Waals surface area contributed by atoms with Gasteiger partial charge in [0.2, 0.25) is 0 Å². The van der Waals surface area contributed by atoms with E-state index in [0.717, 1.165) is 33.5 Å². The lowest BCUT2D eigenvalue weighted by Crippen LogP contribution is -2.25. The third-order valence-electron chi connectivity index (χ3n) is 4.41. The van der Waals surface area contributed by atoms with Crippen LogP contribution in [-0.4, -0.2) is 17.4 Å². The van der Waals surface area contributed by atoms with E-state index in [1.165, 1.54) is 5.56 Å². The minimum Gasteiger partial charge on any atom is -0.490 e. The number of aryl methyl sites for hydroxylation is 3. The largest absolute Gasteiger partial charge is 0.490 e. The van der Waals surface area contributed by atoms with Crippen molar-refractivity contribution in [1.82, 2.24) is 5.43 Å². The van der Waals surface area contributed by atoms with Crippen LogP contribution in [0.4, 0.5) is 5.69 Å². The van der Waals surface area contributed by atoms with Gasteiger partial charge in [-0.2, -0.15) is 5.10 Å². The molecule has 3 aromatic rings. The smallest absolute Gasteiger partial charge is 0.191 e. The molecule has 0 amide bonds. The highest BCUT2D eigenvalue weighted by Gasteiger charge is 2.11. The molecule has 0 atom stereocenters. The summed E-state index contributed by atoms with van der Waals surface area (Å²) in [6.07, 6.45) is 0. The molecule has 0 bridgehead atoms. The number of furan rings is 1. The van der Waals surface area contributed by atoms with E-state index in [1.807, 2.05) is 38.1 Å². The van der Waals surface area contributed by atoms with Crippen molar-refractivity contribution in [2.75, 3.05) is 11.9 Å². The Morgan fingerprint density at radius 3 is 2.54 bits per heavy atom. The predicted octanol–water partition coefficient (Wildman–Crippen LogP) is 5.47.